The van der Waals surface area contributed by atoms with Crippen LogP contribution in [-0.4, -0.2) is 12.5 Å². The van der Waals surface area contributed by atoms with E-state index in [0.29, 0.717) is 22.5 Å². The number of furan rings is 1. The Hall–Kier alpha value is -4.05. The Morgan fingerprint density at radius 1 is 1.00 bits per heavy atom. The number of halogens is 3. The van der Waals surface area contributed by atoms with Gasteiger partial charge in [-0.25, -0.2) is 0 Å². The number of nitrogens with one attached hydrogen (secondary N) is 1. The van der Waals surface area contributed by atoms with E-state index >= 15 is 0 Å². The molecule has 4 rings (SSSR count). The number of carbonyl (C=O) groups is 1. The maximum atomic E-state index is 13.0. The minimum absolute atomic E-state index is 0.222. The number of nitriles is 1. The van der Waals surface area contributed by atoms with Crippen molar-refractivity contribution in [3.8, 4) is 17.2 Å². The first-order chi connectivity index (χ1) is 15.8. The van der Waals surface area contributed by atoms with Crippen molar-refractivity contribution in [1.29, 1.82) is 5.26 Å². The van der Waals surface area contributed by atoms with Gasteiger partial charge >= 0.3 is 6.18 Å². The molecule has 0 unspecified atom stereocenters. The molecule has 3 aromatic carbocycles. The Bertz CT molecular complexity index is 1350. The fraction of sp³-hybridized carbons (Fsp3) is 0.154. The summed E-state index contributed by atoms with van der Waals surface area (Å²) in [5.74, 6) is 0.277. The van der Waals surface area contributed by atoms with E-state index < -0.39 is 11.7 Å². The number of amides is 1. The molecule has 0 saturated carbocycles. The fourth-order valence-corrected chi connectivity index (χ4v) is 3.67. The molecule has 4 aromatic rings. The van der Waals surface area contributed by atoms with Crippen molar-refractivity contribution >= 4 is 16.9 Å². The molecule has 0 spiro atoms. The van der Waals surface area contributed by atoms with Crippen LogP contribution >= 0.6 is 0 Å². The predicted molar refractivity (Wildman–Crippen MR) is 118 cm³/mol. The predicted octanol–water partition coefficient (Wildman–Crippen LogP) is 6.35. The Morgan fingerprint density at radius 2 is 1.79 bits per heavy atom. The highest BCUT2D eigenvalue weighted by atomic mass is 19.4. The maximum absolute atomic E-state index is 13.0. The molecule has 7 heteroatoms. The molecule has 4 nitrogen and oxygen atoms in total. The van der Waals surface area contributed by atoms with Crippen molar-refractivity contribution in [3.05, 3.63) is 95.2 Å². The molecule has 1 aromatic heterocycles. The van der Waals surface area contributed by atoms with Crippen LogP contribution in [0.2, 0.25) is 0 Å². The molecular weight excluding hydrogens is 429 g/mol. The van der Waals surface area contributed by atoms with E-state index in [1.807, 2.05) is 30.3 Å². The van der Waals surface area contributed by atoms with E-state index in [1.54, 1.807) is 30.3 Å². The number of hydrogen-bond donors (Lipinski definition) is 1. The maximum Gasteiger partial charge on any atom is 0.416 e. The lowest BCUT2D eigenvalue weighted by Gasteiger charge is -2.07. The summed E-state index contributed by atoms with van der Waals surface area (Å²) < 4.78 is 45.0. The van der Waals surface area contributed by atoms with Gasteiger partial charge in [-0.2, -0.15) is 18.4 Å². The second-order valence-corrected chi connectivity index (χ2v) is 7.55. The van der Waals surface area contributed by atoms with E-state index in [1.165, 1.54) is 6.07 Å². The average molecular weight is 448 g/mol. The average Bonchev–Trinajstić information content (AvgIpc) is 3.21. The monoisotopic (exact) mass is 448 g/mol. The van der Waals surface area contributed by atoms with E-state index in [0.717, 1.165) is 28.6 Å². The van der Waals surface area contributed by atoms with Gasteiger partial charge in [-0.3, -0.25) is 4.79 Å². The Labute approximate surface area is 188 Å². The van der Waals surface area contributed by atoms with Crippen molar-refractivity contribution in [2.75, 3.05) is 6.54 Å². The number of hydrogen-bond acceptors (Lipinski definition) is 3. The highest BCUT2D eigenvalue weighted by molar-refractivity contribution is 5.98. The van der Waals surface area contributed by atoms with Crippen LogP contribution in [0.5, 0.6) is 0 Å². The molecule has 33 heavy (non-hydrogen) atoms. The first-order valence-corrected chi connectivity index (χ1v) is 10.3. The largest absolute Gasteiger partial charge is 0.461 e. The Morgan fingerprint density at radius 3 is 2.58 bits per heavy atom. The second-order valence-electron chi connectivity index (χ2n) is 7.55. The van der Waals surface area contributed by atoms with Crippen LogP contribution in [0.3, 0.4) is 0 Å². The SMILES string of the molecule is N#CCCNC(=O)c1cccc(-c2cccc3oc(Cc4cccc(C(F)(F)F)c4)cc23)c1. The van der Waals surface area contributed by atoms with Gasteiger partial charge in [0.2, 0.25) is 0 Å². The fourth-order valence-electron chi connectivity index (χ4n) is 3.67. The Balaban J connectivity index is 1.63. The van der Waals surface area contributed by atoms with Gasteiger partial charge in [-0.15, -0.1) is 0 Å². The third-order valence-corrected chi connectivity index (χ3v) is 5.20. The van der Waals surface area contributed by atoms with Gasteiger partial charge in [0.25, 0.3) is 5.91 Å². The summed E-state index contributed by atoms with van der Waals surface area (Å²) >= 11 is 0. The van der Waals surface area contributed by atoms with Gasteiger partial charge < -0.3 is 9.73 Å². The van der Waals surface area contributed by atoms with Gasteiger partial charge in [-0.05, 0) is 47.0 Å². The van der Waals surface area contributed by atoms with E-state index in [-0.39, 0.29) is 25.3 Å². The van der Waals surface area contributed by atoms with Crippen LogP contribution in [0.25, 0.3) is 22.1 Å². The van der Waals surface area contributed by atoms with Gasteiger partial charge in [0, 0.05) is 23.9 Å². The molecule has 0 fully saturated rings. The molecule has 1 N–H and O–H groups in total. The first kappa shape index (κ1) is 22.2. The number of alkyl halides is 3. The van der Waals surface area contributed by atoms with Crippen molar-refractivity contribution in [1.82, 2.24) is 5.32 Å². The molecule has 0 aliphatic carbocycles. The molecule has 0 radical (unpaired) electrons. The Kier molecular flexibility index (Phi) is 6.18. The van der Waals surface area contributed by atoms with Crippen molar-refractivity contribution in [3.63, 3.8) is 0 Å². The van der Waals surface area contributed by atoms with Crippen LogP contribution in [-0.2, 0) is 12.6 Å². The van der Waals surface area contributed by atoms with Gasteiger partial charge in [0.15, 0.2) is 0 Å². The summed E-state index contributed by atoms with van der Waals surface area (Å²) in [6.07, 6.45) is -3.95. The third kappa shape index (κ3) is 5.07. The standard InChI is InChI=1S/C26H19F3N2O2/c27-26(28,29)20-8-1-5-17(13-20)14-21-16-23-22(9-3-10-24(23)33-21)18-6-2-7-19(15-18)25(32)31-12-4-11-30/h1-3,5-10,13,15-16H,4,12,14H2,(H,31,32). The molecular formula is C26H19F3N2O2. The van der Waals surface area contributed by atoms with E-state index in [4.69, 9.17) is 9.68 Å². The van der Waals surface area contributed by atoms with Crippen LogP contribution in [0, 0.1) is 11.3 Å². The van der Waals surface area contributed by atoms with Crippen molar-refractivity contribution < 1.29 is 22.4 Å². The third-order valence-electron chi connectivity index (χ3n) is 5.20. The molecule has 1 heterocycles. The number of nitrogens with zero attached hydrogens (tertiary/aromatic N) is 1. The van der Waals surface area contributed by atoms with E-state index in [9.17, 15) is 18.0 Å². The summed E-state index contributed by atoms with van der Waals surface area (Å²) in [5, 5.41) is 12.1. The number of fused-ring (bicyclic) bond motifs is 1. The van der Waals surface area contributed by atoms with Crippen LogP contribution in [0.1, 0.15) is 33.7 Å². The number of rotatable bonds is 6. The summed E-state index contributed by atoms with van der Waals surface area (Å²) in [4.78, 5) is 12.4. The molecule has 1 amide bonds. The number of carbonyl (C=O) groups excluding carboxylic acids is 1. The summed E-state index contributed by atoms with van der Waals surface area (Å²) in [6, 6.07) is 21.6. The highest BCUT2D eigenvalue weighted by Gasteiger charge is 2.30. The van der Waals surface area contributed by atoms with Crippen molar-refractivity contribution in [2.45, 2.75) is 19.0 Å². The molecule has 0 aliphatic heterocycles. The normalized spacial score (nSPS) is 11.3. The summed E-state index contributed by atoms with van der Waals surface area (Å²) in [5.41, 5.74) is 2.54. The quantitative estimate of drug-likeness (QED) is 0.350. The lowest BCUT2D eigenvalue weighted by molar-refractivity contribution is -0.137. The lowest BCUT2D eigenvalue weighted by Crippen LogP contribution is -2.24. The molecule has 0 atom stereocenters. The molecule has 166 valence electrons. The van der Waals surface area contributed by atoms with Gasteiger partial charge in [-0.1, -0.05) is 42.5 Å². The van der Waals surface area contributed by atoms with Gasteiger partial charge in [0.05, 0.1) is 18.1 Å². The highest BCUT2D eigenvalue weighted by Crippen LogP contribution is 2.33. The topological polar surface area (TPSA) is 66.0 Å². The smallest absolute Gasteiger partial charge is 0.416 e. The molecule has 0 bridgehead atoms. The zero-order valence-corrected chi connectivity index (χ0v) is 17.4. The second kappa shape index (κ2) is 9.21. The molecule has 0 aliphatic rings. The molecule has 0 saturated heterocycles. The van der Waals surface area contributed by atoms with Gasteiger partial charge in [0.1, 0.15) is 11.3 Å². The zero-order valence-electron chi connectivity index (χ0n) is 17.4. The van der Waals surface area contributed by atoms with E-state index in [2.05, 4.69) is 5.32 Å². The van der Waals surface area contributed by atoms with Crippen molar-refractivity contribution in [2.24, 2.45) is 0 Å². The summed E-state index contributed by atoms with van der Waals surface area (Å²) in [7, 11) is 0. The minimum atomic E-state index is -4.40. The zero-order chi connectivity index (χ0) is 23.4. The minimum Gasteiger partial charge on any atom is -0.461 e. The van der Waals surface area contributed by atoms with Crippen LogP contribution in [0.15, 0.2) is 77.2 Å². The lowest BCUT2D eigenvalue weighted by atomic mass is 9.99. The summed E-state index contributed by atoms with van der Waals surface area (Å²) in [6.45, 7) is 0.274. The first-order valence-electron chi connectivity index (χ1n) is 10.3. The van der Waals surface area contributed by atoms with Crippen LogP contribution in [0.4, 0.5) is 13.2 Å². The number of benzene rings is 3. The van der Waals surface area contributed by atoms with Crippen LogP contribution < -0.4 is 5.32 Å².